The number of hydrogen-bond acceptors (Lipinski definition) is 6. The lowest BCUT2D eigenvalue weighted by Crippen LogP contribution is -2.04. The fraction of sp³-hybridized carbons (Fsp3) is 0.200. The van der Waals surface area contributed by atoms with Gasteiger partial charge in [-0.25, -0.2) is 4.99 Å². The van der Waals surface area contributed by atoms with Crippen molar-refractivity contribution in [2.75, 3.05) is 0 Å². The number of aliphatic imine (C=N–C) groups is 1. The fourth-order valence-corrected chi connectivity index (χ4v) is 2.02. The Morgan fingerprint density at radius 1 is 1.38 bits per heavy atom. The Bertz CT molecular complexity index is 471. The molecule has 0 spiro atoms. The summed E-state index contributed by atoms with van der Waals surface area (Å²) in [5.74, 6) is 1.00. The Morgan fingerprint density at radius 2 is 2.12 bits per heavy atom. The van der Waals surface area contributed by atoms with Crippen LogP contribution in [-0.2, 0) is 5.75 Å². The zero-order valence-corrected chi connectivity index (χ0v) is 9.18. The number of nitrogens with zero attached hydrogens (tertiary/aromatic N) is 4. The summed E-state index contributed by atoms with van der Waals surface area (Å²) in [5, 5.41) is 16.2. The van der Waals surface area contributed by atoms with E-state index < -0.39 is 0 Å². The molecule has 1 aromatic rings. The van der Waals surface area contributed by atoms with Crippen LogP contribution >= 0.6 is 11.8 Å². The molecule has 0 amide bonds. The first kappa shape index (κ1) is 10.6. The summed E-state index contributed by atoms with van der Waals surface area (Å²) >= 11 is 1.54. The smallest absolute Gasteiger partial charge is 0.238 e. The van der Waals surface area contributed by atoms with Crippen LogP contribution in [0.3, 0.4) is 0 Å². The molecule has 0 fully saturated rings. The second kappa shape index (κ2) is 4.77. The van der Waals surface area contributed by atoms with Gasteiger partial charge in [-0.15, -0.1) is 22.0 Å². The molecule has 1 aliphatic heterocycles. The third-order valence-electron chi connectivity index (χ3n) is 1.98. The number of azo groups is 1. The maximum absolute atomic E-state index is 8.65. The quantitative estimate of drug-likeness (QED) is 0.861. The number of rotatable bonds is 3. The molecule has 0 bridgehead atoms. The van der Waals surface area contributed by atoms with Gasteiger partial charge < -0.3 is 5.73 Å². The van der Waals surface area contributed by atoms with E-state index in [2.05, 4.69) is 21.3 Å². The predicted octanol–water partition coefficient (Wildman–Crippen LogP) is 1.86. The Balaban J connectivity index is 1.91. The molecule has 0 radical (unpaired) electrons. The van der Waals surface area contributed by atoms with Crippen LogP contribution in [-0.4, -0.2) is 11.5 Å². The van der Waals surface area contributed by atoms with Gasteiger partial charge in [0.15, 0.2) is 0 Å². The average molecular weight is 231 g/mol. The number of nitrogens with two attached hydrogens (primary N) is 1. The maximum Gasteiger partial charge on any atom is 0.238 e. The molecule has 80 valence electrons. The van der Waals surface area contributed by atoms with Crippen molar-refractivity contribution < 1.29 is 0 Å². The van der Waals surface area contributed by atoms with Crippen LogP contribution in [0, 0.1) is 11.3 Å². The zero-order chi connectivity index (χ0) is 11.4. The molecule has 1 aromatic carbocycles. The van der Waals surface area contributed by atoms with Crippen molar-refractivity contribution in [1.82, 2.24) is 0 Å². The highest BCUT2D eigenvalue weighted by molar-refractivity contribution is 7.99. The molecule has 0 aliphatic carbocycles. The molecule has 16 heavy (non-hydrogen) atoms. The predicted molar refractivity (Wildman–Crippen MR) is 62.7 cm³/mol. The first-order valence-electron chi connectivity index (χ1n) is 4.63. The van der Waals surface area contributed by atoms with E-state index in [0.717, 1.165) is 11.3 Å². The maximum atomic E-state index is 8.65. The third kappa shape index (κ3) is 2.58. The normalized spacial score (nSPS) is 18.2. The van der Waals surface area contributed by atoms with E-state index in [1.165, 1.54) is 0 Å². The fourth-order valence-electron chi connectivity index (χ4n) is 1.19. The number of benzene rings is 1. The molecular weight excluding hydrogens is 222 g/mol. The third-order valence-corrected chi connectivity index (χ3v) is 2.98. The summed E-state index contributed by atoms with van der Waals surface area (Å²) in [6.45, 7) is 0. The Labute approximate surface area is 97.1 Å². The van der Waals surface area contributed by atoms with Gasteiger partial charge in [-0.2, -0.15) is 5.26 Å². The van der Waals surface area contributed by atoms with Gasteiger partial charge in [0.2, 0.25) is 11.5 Å². The minimum atomic E-state index is -0.226. The van der Waals surface area contributed by atoms with Crippen LogP contribution in [0.15, 0.2) is 39.5 Å². The van der Waals surface area contributed by atoms with Crippen molar-refractivity contribution in [1.29, 1.82) is 5.26 Å². The molecule has 5 nitrogen and oxygen atoms in total. The summed E-state index contributed by atoms with van der Waals surface area (Å²) in [7, 11) is 0. The average Bonchev–Trinajstić information content (AvgIpc) is 2.73. The van der Waals surface area contributed by atoms with Gasteiger partial charge in [-0.3, -0.25) is 0 Å². The van der Waals surface area contributed by atoms with Crippen molar-refractivity contribution in [2.45, 2.75) is 11.3 Å². The van der Waals surface area contributed by atoms with Crippen LogP contribution in [0.25, 0.3) is 0 Å². The van der Waals surface area contributed by atoms with Crippen LogP contribution in [0.1, 0.15) is 11.1 Å². The van der Waals surface area contributed by atoms with Crippen molar-refractivity contribution in [2.24, 2.45) is 21.0 Å². The van der Waals surface area contributed by atoms with Gasteiger partial charge in [0.1, 0.15) is 0 Å². The number of nitriles is 1. The Kier molecular flexibility index (Phi) is 3.17. The first-order chi connectivity index (χ1) is 7.78. The van der Waals surface area contributed by atoms with E-state index in [-0.39, 0.29) is 11.5 Å². The van der Waals surface area contributed by atoms with E-state index in [1.807, 2.05) is 12.1 Å². The monoisotopic (exact) mass is 231 g/mol. The van der Waals surface area contributed by atoms with Gasteiger partial charge in [0, 0.05) is 5.75 Å². The lowest BCUT2D eigenvalue weighted by atomic mass is 10.2. The second-order valence-corrected chi connectivity index (χ2v) is 4.19. The first-order valence-corrected chi connectivity index (χ1v) is 5.67. The van der Waals surface area contributed by atoms with E-state index in [4.69, 9.17) is 11.0 Å². The highest BCUT2D eigenvalue weighted by Crippen LogP contribution is 2.22. The van der Waals surface area contributed by atoms with Gasteiger partial charge in [-0.05, 0) is 17.7 Å². The van der Waals surface area contributed by atoms with E-state index in [0.29, 0.717) is 5.56 Å². The molecule has 1 atom stereocenters. The number of hydrogen-bond donors (Lipinski definition) is 1. The molecule has 1 aliphatic rings. The van der Waals surface area contributed by atoms with Crippen molar-refractivity contribution in [3.8, 4) is 6.07 Å². The summed E-state index contributed by atoms with van der Waals surface area (Å²) in [6.07, 6.45) is 0. The highest BCUT2D eigenvalue weighted by Gasteiger charge is 2.11. The van der Waals surface area contributed by atoms with Crippen molar-refractivity contribution in [3.05, 3.63) is 35.4 Å². The molecule has 2 N–H and O–H groups in total. The lowest BCUT2D eigenvalue weighted by molar-refractivity contribution is 0.970. The summed E-state index contributed by atoms with van der Waals surface area (Å²) in [6, 6.07) is 9.51. The Morgan fingerprint density at radius 3 is 2.69 bits per heavy atom. The van der Waals surface area contributed by atoms with Crippen LogP contribution in [0.5, 0.6) is 0 Å². The molecule has 1 heterocycles. The molecule has 1 unspecified atom stereocenters. The van der Waals surface area contributed by atoms with Crippen LogP contribution in [0.4, 0.5) is 0 Å². The highest BCUT2D eigenvalue weighted by atomic mass is 32.2. The summed E-state index contributed by atoms with van der Waals surface area (Å²) < 4.78 is 0. The summed E-state index contributed by atoms with van der Waals surface area (Å²) in [4.78, 5) is 4.01. The van der Waals surface area contributed by atoms with Gasteiger partial charge in [0.05, 0.1) is 11.6 Å². The minimum Gasteiger partial charge on any atom is -0.367 e. The minimum absolute atomic E-state index is 0.226. The molecular formula is C10H9N5S. The van der Waals surface area contributed by atoms with E-state index >= 15 is 0 Å². The molecule has 0 aromatic heterocycles. The molecule has 0 saturated carbocycles. The van der Waals surface area contributed by atoms with Crippen LogP contribution < -0.4 is 5.73 Å². The number of guanidine groups is 1. The zero-order valence-electron chi connectivity index (χ0n) is 8.37. The lowest BCUT2D eigenvalue weighted by Gasteiger charge is -2.02. The van der Waals surface area contributed by atoms with Crippen molar-refractivity contribution in [3.63, 3.8) is 0 Å². The second-order valence-electron chi connectivity index (χ2n) is 3.15. The van der Waals surface area contributed by atoms with Crippen LogP contribution in [0.2, 0.25) is 0 Å². The largest absolute Gasteiger partial charge is 0.367 e. The Hall–Kier alpha value is -1.87. The van der Waals surface area contributed by atoms with E-state index in [9.17, 15) is 0 Å². The standard InChI is InChI=1S/C10H9N5S/c11-5-7-1-3-8(4-2-7)6-16-10-13-9(12)14-15-10/h1-4,10H,6H2,(H2,12,13). The SMILES string of the molecule is N#Cc1ccc(CSC2N=NC(N)=N2)cc1. The molecule has 6 heteroatoms. The van der Waals surface area contributed by atoms with Crippen molar-refractivity contribution >= 4 is 17.7 Å². The van der Waals surface area contributed by atoms with Gasteiger partial charge >= 0.3 is 0 Å². The number of thioether (sulfide) groups is 1. The summed E-state index contributed by atoms with van der Waals surface area (Å²) in [5.41, 5.74) is 6.93. The molecule has 0 saturated heterocycles. The van der Waals surface area contributed by atoms with Gasteiger partial charge in [0.25, 0.3) is 0 Å². The van der Waals surface area contributed by atoms with E-state index in [1.54, 1.807) is 23.9 Å². The molecule has 2 rings (SSSR count). The van der Waals surface area contributed by atoms with Gasteiger partial charge in [-0.1, -0.05) is 12.1 Å². The topological polar surface area (TPSA) is 86.9 Å².